The summed E-state index contributed by atoms with van der Waals surface area (Å²) in [4.78, 5) is 18.3. The molecule has 1 saturated heterocycles. The van der Waals surface area contributed by atoms with Crippen molar-refractivity contribution in [2.24, 2.45) is 0 Å². The minimum atomic E-state index is 0.0278. The minimum absolute atomic E-state index is 0.0278. The van der Waals surface area contributed by atoms with Crippen LogP contribution in [0.25, 0.3) is 11.4 Å². The number of amides is 1. The predicted molar refractivity (Wildman–Crippen MR) is 114 cm³/mol. The summed E-state index contributed by atoms with van der Waals surface area (Å²) in [5.74, 6) is 0.963. The molecule has 0 aliphatic carbocycles. The summed E-state index contributed by atoms with van der Waals surface area (Å²) in [5, 5.41) is 12.7. The van der Waals surface area contributed by atoms with Crippen molar-refractivity contribution in [1.29, 1.82) is 0 Å². The van der Waals surface area contributed by atoms with Gasteiger partial charge in [-0.2, -0.15) is 4.80 Å². The van der Waals surface area contributed by atoms with Crippen molar-refractivity contribution in [3.05, 3.63) is 59.2 Å². The van der Waals surface area contributed by atoms with Crippen molar-refractivity contribution in [2.45, 2.75) is 38.8 Å². The zero-order chi connectivity index (χ0) is 20.8. The Hall–Kier alpha value is -3.06. The Kier molecular flexibility index (Phi) is 4.62. The van der Waals surface area contributed by atoms with Crippen LogP contribution in [0.1, 0.15) is 29.0 Å². The Labute approximate surface area is 176 Å². The topological polar surface area (TPSA) is 68.3 Å². The van der Waals surface area contributed by atoms with E-state index in [-0.39, 0.29) is 18.5 Å². The fourth-order valence-corrected chi connectivity index (χ4v) is 4.85. The van der Waals surface area contributed by atoms with Gasteiger partial charge in [0.05, 0.1) is 32.1 Å². The van der Waals surface area contributed by atoms with Crippen molar-refractivity contribution in [3.63, 3.8) is 0 Å². The van der Waals surface area contributed by atoms with E-state index in [9.17, 15) is 4.79 Å². The molecule has 2 aliphatic rings. The number of likely N-dealkylation sites (tertiary alicyclic amines) is 1. The lowest BCUT2D eigenvalue weighted by atomic mass is 9.89. The Bertz CT molecular complexity index is 1090. The molecule has 3 atom stereocenters. The highest BCUT2D eigenvalue weighted by Gasteiger charge is 2.45. The third-order valence-electron chi connectivity index (χ3n) is 6.38. The van der Waals surface area contributed by atoms with Crippen LogP contribution < -0.4 is 9.80 Å². The standard InChI is InChI=1S/C23H26N6O/c1-15-4-7-17(8-5-15)23-24-26-28(25-23)14-22(30)29-20-9-6-16(2)12-18(20)19-13-27(3)11-10-21(19)29/h4-9,12,19,21H,10-11,13-14H2,1-3H3/p+1/t19-,21+/m0/s1. The first-order valence-corrected chi connectivity index (χ1v) is 10.6. The number of hydrogen-bond donors (Lipinski definition) is 1. The molecule has 30 heavy (non-hydrogen) atoms. The van der Waals surface area contributed by atoms with Gasteiger partial charge in [0.15, 0.2) is 0 Å². The monoisotopic (exact) mass is 403 g/mol. The average molecular weight is 404 g/mol. The third kappa shape index (κ3) is 3.29. The normalized spacial score (nSPS) is 22.6. The average Bonchev–Trinajstić information content (AvgIpc) is 3.31. The summed E-state index contributed by atoms with van der Waals surface area (Å²) >= 11 is 0. The Balaban J connectivity index is 1.40. The summed E-state index contributed by atoms with van der Waals surface area (Å²) in [6.07, 6.45) is 1.01. The van der Waals surface area contributed by atoms with Crippen LogP contribution in [0.3, 0.4) is 0 Å². The fraction of sp³-hybridized carbons (Fsp3) is 0.391. The maximum absolute atomic E-state index is 13.4. The molecule has 1 unspecified atom stereocenters. The van der Waals surface area contributed by atoms with E-state index in [1.54, 1.807) is 0 Å². The van der Waals surface area contributed by atoms with E-state index in [4.69, 9.17) is 0 Å². The van der Waals surface area contributed by atoms with Crippen LogP contribution in [0.15, 0.2) is 42.5 Å². The van der Waals surface area contributed by atoms with Gasteiger partial charge in [-0.3, -0.25) is 4.79 Å². The second-order valence-corrected chi connectivity index (χ2v) is 8.71. The summed E-state index contributed by atoms with van der Waals surface area (Å²) < 4.78 is 0. The number of piperidine rings is 1. The van der Waals surface area contributed by atoms with Crippen LogP contribution in [0.4, 0.5) is 5.69 Å². The number of nitrogens with zero attached hydrogens (tertiary/aromatic N) is 5. The lowest BCUT2D eigenvalue weighted by Gasteiger charge is -2.34. The summed E-state index contributed by atoms with van der Waals surface area (Å²) in [7, 11) is 2.24. The van der Waals surface area contributed by atoms with E-state index in [0.717, 1.165) is 30.8 Å². The first-order chi connectivity index (χ1) is 14.5. The van der Waals surface area contributed by atoms with Crippen molar-refractivity contribution < 1.29 is 9.69 Å². The minimum Gasteiger partial charge on any atom is -0.337 e. The number of benzene rings is 2. The number of tetrazole rings is 1. The zero-order valence-corrected chi connectivity index (χ0v) is 17.7. The molecule has 2 aromatic carbocycles. The van der Waals surface area contributed by atoms with Gasteiger partial charge in [-0.05, 0) is 30.7 Å². The van der Waals surface area contributed by atoms with Gasteiger partial charge in [0, 0.05) is 17.7 Å². The highest BCUT2D eigenvalue weighted by molar-refractivity contribution is 5.96. The van der Waals surface area contributed by atoms with Crippen LogP contribution in [0.2, 0.25) is 0 Å². The van der Waals surface area contributed by atoms with Gasteiger partial charge in [0.2, 0.25) is 5.82 Å². The summed E-state index contributed by atoms with van der Waals surface area (Å²) in [6, 6.07) is 14.7. The second-order valence-electron chi connectivity index (χ2n) is 8.71. The van der Waals surface area contributed by atoms with E-state index in [1.165, 1.54) is 26.4 Å². The number of nitrogens with one attached hydrogen (secondary N) is 1. The van der Waals surface area contributed by atoms with E-state index in [2.05, 4.69) is 47.6 Å². The summed E-state index contributed by atoms with van der Waals surface area (Å²) in [6.45, 7) is 6.39. The molecular formula is C23H27N6O+. The molecule has 3 heterocycles. The highest BCUT2D eigenvalue weighted by Crippen LogP contribution is 2.43. The number of carbonyl (C=O) groups is 1. The first kappa shape index (κ1) is 18.9. The quantitative estimate of drug-likeness (QED) is 0.717. The molecule has 7 heteroatoms. The van der Waals surface area contributed by atoms with Crippen LogP contribution in [0, 0.1) is 13.8 Å². The number of hydrogen-bond acceptors (Lipinski definition) is 4. The van der Waals surface area contributed by atoms with Crippen molar-refractivity contribution >= 4 is 11.6 Å². The van der Waals surface area contributed by atoms with Crippen LogP contribution in [-0.4, -0.2) is 52.3 Å². The molecule has 1 aromatic heterocycles. The Morgan fingerprint density at radius 2 is 1.90 bits per heavy atom. The smallest absolute Gasteiger partial charge is 0.250 e. The van der Waals surface area contributed by atoms with Gasteiger partial charge in [0.25, 0.3) is 5.91 Å². The molecular weight excluding hydrogens is 376 g/mol. The number of fused-ring (bicyclic) bond motifs is 3. The number of likely N-dealkylation sites (N-methyl/N-ethyl adjacent to an activating group) is 1. The molecule has 0 saturated carbocycles. The Morgan fingerprint density at radius 3 is 2.70 bits per heavy atom. The number of aryl methyl sites for hydroxylation is 2. The van der Waals surface area contributed by atoms with E-state index in [0.29, 0.717) is 11.7 Å². The molecule has 0 spiro atoms. The van der Waals surface area contributed by atoms with E-state index < -0.39 is 0 Å². The van der Waals surface area contributed by atoms with Gasteiger partial charge in [-0.1, -0.05) is 47.5 Å². The van der Waals surface area contributed by atoms with Gasteiger partial charge in [-0.15, -0.1) is 10.2 Å². The Morgan fingerprint density at radius 1 is 1.13 bits per heavy atom. The zero-order valence-electron chi connectivity index (χ0n) is 17.7. The molecule has 7 nitrogen and oxygen atoms in total. The molecule has 1 amide bonds. The first-order valence-electron chi connectivity index (χ1n) is 10.6. The third-order valence-corrected chi connectivity index (χ3v) is 6.38. The molecule has 1 N–H and O–H groups in total. The van der Waals surface area contributed by atoms with E-state index >= 15 is 0 Å². The van der Waals surface area contributed by atoms with Gasteiger partial charge < -0.3 is 9.80 Å². The van der Waals surface area contributed by atoms with Gasteiger partial charge in [-0.25, -0.2) is 0 Å². The number of rotatable bonds is 3. The molecule has 3 aromatic rings. The molecule has 2 aliphatic heterocycles. The SMILES string of the molecule is Cc1ccc(-c2nnn(CC(=O)N3c4ccc(C)cc4[C@@H]4C[NH+](C)CC[C@H]43)n2)cc1. The number of aromatic nitrogens is 4. The van der Waals surface area contributed by atoms with Crippen molar-refractivity contribution in [3.8, 4) is 11.4 Å². The molecule has 0 bridgehead atoms. The van der Waals surface area contributed by atoms with E-state index in [1.807, 2.05) is 36.1 Å². The van der Waals surface area contributed by atoms with Crippen LogP contribution in [0.5, 0.6) is 0 Å². The van der Waals surface area contributed by atoms with Crippen LogP contribution >= 0.6 is 0 Å². The van der Waals surface area contributed by atoms with Gasteiger partial charge in [0.1, 0.15) is 6.54 Å². The maximum Gasteiger partial charge on any atom is 0.250 e. The summed E-state index contributed by atoms with van der Waals surface area (Å²) in [5.41, 5.74) is 5.68. The number of anilines is 1. The van der Waals surface area contributed by atoms with Crippen molar-refractivity contribution in [2.75, 3.05) is 25.0 Å². The predicted octanol–water partition coefficient (Wildman–Crippen LogP) is 1.37. The molecule has 154 valence electrons. The second kappa shape index (κ2) is 7.32. The highest BCUT2D eigenvalue weighted by atomic mass is 16.2. The lowest BCUT2D eigenvalue weighted by molar-refractivity contribution is -0.886. The number of carbonyl (C=O) groups excluding carboxylic acids is 1. The number of quaternary nitrogens is 1. The van der Waals surface area contributed by atoms with Gasteiger partial charge >= 0.3 is 0 Å². The van der Waals surface area contributed by atoms with Crippen LogP contribution in [-0.2, 0) is 11.3 Å². The maximum atomic E-state index is 13.4. The molecule has 1 fully saturated rings. The largest absolute Gasteiger partial charge is 0.337 e. The molecule has 5 rings (SSSR count). The lowest BCUT2D eigenvalue weighted by Crippen LogP contribution is -3.11. The fourth-order valence-electron chi connectivity index (χ4n) is 4.85. The van der Waals surface area contributed by atoms with Crippen molar-refractivity contribution in [1.82, 2.24) is 20.2 Å². The molecule has 0 radical (unpaired) electrons.